The Morgan fingerprint density at radius 2 is 1.65 bits per heavy atom. The highest BCUT2D eigenvalue weighted by Gasteiger charge is 2.48. The zero-order valence-electron chi connectivity index (χ0n) is 17.7. The number of rotatable bonds is 13. The molecule has 0 spiro atoms. The fourth-order valence-corrected chi connectivity index (χ4v) is 6.58. The van der Waals surface area contributed by atoms with Crippen LogP contribution in [0.4, 0.5) is 0 Å². The summed E-state index contributed by atoms with van der Waals surface area (Å²) in [6.45, 7) is 13.3. The molecule has 0 aliphatic carbocycles. The summed E-state index contributed by atoms with van der Waals surface area (Å²) >= 11 is 0. The van der Waals surface area contributed by atoms with E-state index < -0.39 is 8.32 Å². The Labute approximate surface area is 161 Å². The standard InChI is InChI=1S/C20H40O5Si/c1-8-12-13-14-17-19(23-15-21-6)20(18(22-7)16(5)24-17)25-26(9-2,10-3)11-4/h17-20H,5,8-15H2,1-4,6-7H3. The van der Waals surface area contributed by atoms with Crippen LogP contribution in [0.2, 0.25) is 18.1 Å². The Morgan fingerprint density at radius 1 is 1.00 bits per heavy atom. The van der Waals surface area contributed by atoms with Crippen LogP contribution in [-0.4, -0.2) is 53.7 Å². The van der Waals surface area contributed by atoms with Crippen LogP contribution < -0.4 is 0 Å². The third-order valence-electron chi connectivity index (χ3n) is 5.65. The van der Waals surface area contributed by atoms with Crippen molar-refractivity contribution in [2.75, 3.05) is 21.0 Å². The molecule has 0 aromatic rings. The summed E-state index contributed by atoms with van der Waals surface area (Å²) in [6, 6.07) is 3.24. The van der Waals surface area contributed by atoms with Crippen LogP contribution in [0, 0.1) is 0 Å². The fraction of sp³-hybridized carbons (Fsp3) is 0.900. The van der Waals surface area contributed by atoms with E-state index in [1.165, 1.54) is 12.8 Å². The highest BCUT2D eigenvalue weighted by molar-refractivity contribution is 6.73. The predicted molar refractivity (Wildman–Crippen MR) is 108 cm³/mol. The maximum atomic E-state index is 6.84. The molecule has 5 nitrogen and oxygen atoms in total. The molecule has 1 aliphatic heterocycles. The van der Waals surface area contributed by atoms with Crippen molar-refractivity contribution in [3.05, 3.63) is 12.3 Å². The highest BCUT2D eigenvalue weighted by Crippen LogP contribution is 2.35. The molecular formula is C20H40O5Si. The lowest BCUT2D eigenvalue weighted by Gasteiger charge is -2.46. The summed E-state index contributed by atoms with van der Waals surface area (Å²) in [4.78, 5) is 0. The zero-order valence-corrected chi connectivity index (χ0v) is 18.7. The molecule has 26 heavy (non-hydrogen) atoms. The Balaban J connectivity index is 3.09. The molecule has 0 radical (unpaired) electrons. The van der Waals surface area contributed by atoms with Crippen molar-refractivity contribution in [3.8, 4) is 0 Å². The molecule has 1 saturated heterocycles. The Bertz CT molecular complexity index is 391. The maximum absolute atomic E-state index is 6.84. The molecule has 154 valence electrons. The van der Waals surface area contributed by atoms with Crippen molar-refractivity contribution in [2.24, 2.45) is 0 Å². The van der Waals surface area contributed by atoms with Crippen molar-refractivity contribution in [3.63, 3.8) is 0 Å². The van der Waals surface area contributed by atoms with Gasteiger partial charge in [0.1, 0.15) is 37.0 Å². The van der Waals surface area contributed by atoms with Crippen LogP contribution in [-0.2, 0) is 23.4 Å². The maximum Gasteiger partial charge on any atom is 0.192 e. The lowest BCUT2D eigenvalue weighted by molar-refractivity contribution is -0.204. The van der Waals surface area contributed by atoms with Crippen molar-refractivity contribution in [1.29, 1.82) is 0 Å². The van der Waals surface area contributed by atoms with Crippen LogP contribution in [0.1, 0.15) is 53.4 Å². The molecule has 0 N–H and O–H groups in total. The van der Waals surface area contributed by atoms with Crippen molar-refractivity contribution >= 4 is 8.32 Å². The van der Waals surface area contributed by atoms with E-state index >= 15 is 0 Å². The molecule has 0 aromatic heterocycles. The molecule has 0 saturated carbocycles. The van der Waals surface area contributed by atoms with Gasteiger partial charge in [-0.05, 0) is 31.0 Å². The van der Waals surface area contributed by atoms with Crippen molar-refractivity contribution < 1.29 is 23.4 Å². The van der Waals surface area contributed by atoms with Crippen LogP contribution in [0.25, 0.3) is 0 Å². The van der Waals surface area contributed by atoms with Crippen LogP contribution in [0.5, 0.6) is 0 Å². The van der Waals surface area contributed by atoms with E-state index in [9.17, 15) is 0 Å². The molecular weight excluding hydrogens is 348 g/mol. The number of ether oxygens (including phenoxy) is 4. The number of hydrogen-bond donors (Lipinski definition) is 0. The summed E-state index contributed by atoms with van der Waals surface area (Å²) < 4.78 is 30.0. The molecule has 0 aromatic carbocycles. The summed E-state index contributed by atoms with van der Waals surface area (Å²) in [5.41, 5.74) is 0. The van der Waals surface area contributed by atoms with Crippen LogP contribution >= 0.6 is 0 Å². The largest absolute Gasteiger partial charge is 0.490 e. The molecule has 1 fully saturated rings. The van der Waals surface area contributed by atoms with Gasteiger partial charge in [0.2, 0.25) is 0 Å². The monoisotopic (exact) mass is 388 g/mol. The molecule has 1 rings (SSSR count). The molecule has 0 amide bonds. The van der Waals surface area contributed by atoms with E-state index in [2.05, 4.69) is 34.3 Å². The van der Waals surface area contributed by atoms with Gasteiger partial charge in [-0.1, -0.05) is 47.1 Å². The number of methoxy groups -OCH3 is 2. The van der Waals surface area contributed by atoms with E-state index in [0.717, 1.165) is 31.0 Å². The Hall–Kier alpha value is -0.403. The average Bonchev–Trinajstić information content (AvgIpc) is 2.66. The summed E-state index contributed by atoms with van der Waals surface area (Å²) in [5, 5.41) is 0. The van der Waals surface area contributed by atoms with E-state index in [4.69, 9.17) is 23.4 Å². The predicted octanol–water partition coefficient (Wildman–Crippen LogP) is 4.87. The second kappa shape index (κ2) is 12.1. The smallest absolute Gasteiger partial charge is 0.192 e. The van der Waals surface area contributed by atoms with Gasteiger partial charge in [-0.2, -0.15) is 0 Å². The second-order valence-electron chi connectivity index (χ2n) is 7.14. The van der Waals surface area contributed by atoms with E-state index in [0.29, 0.717) is 5.76 Å². The van der Waals surface area contributed by atoms with Gasteiger partial charge in [-0.3, -0.25) is 0 Å². The Kier molecular flexibility index (Phi) is 11.0. The van der Waals surface area contributed by atoms with Gasteiger partial charge in [0.25, 0.3) is 0 Å². The highest BCUT2D eigenvalue weighted by atomic mass is 28.4. The van der Waals surface area contributed by atoms with E-state index in [1.54, 1.807) is 14.2 Å². The minimum Gasteiger partial charge on any atom is -0.490 e. The van der Waals surface area contributed by atoms with Crippen molar-refractivity contribution in [1.82, 2.24) is 0 Å². The first-order chi connectivity index (χ1) is 12.5. The molecule has 4 unspecified atom stereocenters. The fourth-order valence-electron chi connectivity index (χ4n) is 3.75. The van der Waals surface area contributed by atoms with E-state index in [-0.39, 0.29) is 31.2 Å². The third kappa shape index (κ3) is 6.06. The van der Waals surface area contributed by atoms with Gasteiger partial charge < -0.3 is 23.4 Å². The molecule has 6 heteroatoms. The normalized spacial score (nSPS) is 26.8. The summed E-state index contributed by atoms with van der Waals surface area (Å²) in [5.74, 6) is 0.655. The van der Waals surface area contributed by atoms with Gasteiger partial charge in [-0.25, -0.2) is 0 Å². The Morgan fingerprint density at radius 3 is 2.15 bits per heavy atom. The molecule has 1 aliphatic rings. The molecule has 1 heterocycles. The minimum atomic E-state index is -1.84. The zero-order chi connectivity index (χ0) is 19.6. The van der Waals surface area contributed by atoms with Gasteiger partial charge in [0.05, 0.1) is 0 Å². The van der Waals surface area contributed by atoms with Crippen LogP contribution in [0.15, 0.2) is 12.3 Å². The van der Waals surface area contributed by atoms with Gasteiger partial charge in [-0.15, -0.1) is 0 Å². The summed E-state index contributed by atoms with van der Waals surface area (Å²) in [7, 11) is 1.49. The molecule has 0 bridgehead atoms. The number of hydrogen-bond acceptors (Lipinski definition) is 5. The van der Waals surface area contributed by atoms with Gasteiger partial charge >= 0.3 is 0 Å². The quantitative estimate of drug-likeness (QED) is 0.256. The first kappa shape index (κ1) is 23.6. The SMILES string of the molecule is C=C1OC(CCCCC)C(OCOC)C(O[Si](CC)(CC)CC)C1OC. The molecule has 4 atom stereocenters. The van der Waals surface area contributed by atoms with Crippen molar-refractivity contribution in [2.45, 2.75) is 95.9 Å². The first-order valence-corrected chi connectivity index (χ1v) is 12.7. The average molecular weight is 389 g/mol. The minimum absolute atomic E-state index is 0.0714. The lowest BCUT2D eigenvalue weighted by atomic mass is 9.94. The summed E-state index contributed by atoms with van der Waals surface area (Å²) in [6.07, 6.45) is 3.59. The van der Waals surface area contributed by atoms with Gasteiger partial charge in [0, 0.05) is 14.2 Å². The lowest BCUT2D eigenvalue weighted by Crippen LogP contribution is -2.58. The second-order valence-corrected chi connectivity index (χ2v) is 11.9. The first-order valence-electron chi connectivity index (χ1n) is 10.2. The topological polar surface area (TPSA) is 46.2 Å². The number of unbranched alkanes of at least 4 members (excludes halogenated alkanes) is 2. The van der Waals surface area contributed by atoms with E-state index in [1.807, 2.05) is 0 Å². The van der Waals surface area contributed by atoms with Crippen LogP contribution in [0.3, 0.4) is 0 Å². The van der Waals surface area contributed by atoms with Gasteiger partial charge in [0.15, 0.2) is 8.32 Å². The third-order valence-corrected chi connectivity index (χ3v) is 10.3.